The van der Waals surface area contributed by atoms with E-state index in [1.165, 1.54) is 12.1 Å². The van der Waals surface area contributed by atoms with Crippen molar-refractivity contribution >= 4 is 5.84 Å². The molecule has 112 valence electrons. The third-order valence-electron chi connectivity index (χ3n) is 3.47. The topological polar surface area (TPSA) is 70.6 Å². The molecule has 0 fully saturated rings. The molecule has 1 rings (SSSR count). The van der Waals surface area contributed by atoms with Crippen molar-refractivity contribution in [3.63, 3.8) is 0 Å². The summed E-state index contributed by atoms with van der Waals surface area (Å²) in [6.07, 6.45) is 2.23. The summed E-state index contributed by atoms with van der Waals surface area (Å²) in [7, 11) is 0. The molecule has 0 saturated heterocycles. The van der Waals surface area contributed by atoms with Gasteiger partial charge in [-0.25, -0.2) is 4.39 Å². The number of hydrogen-bond donors (Lipinski definition) is 3. The molecule has 0 aliphatic heterocycles. The molecular weight excluding hydrogens is 257 g/mol. The van der Waals surface area contributed by atoms with Crippen LogP contribution in [0, 0.1) is 11.7 Å². The van der Waals surface area contributed by atoms with E-state index in [0.29, 0.717) is 24.1 Å². The van der Waals surface area contributed by atoms with Gasteiger partial charge < -0.3 is 16.3 Å². The zero-order valence-electron chi connectivity index (χ0n) is 12.4. The van der Waals surface area contributed by atoms with Crippen molar-refractivity contribution in [3.8, 4) is 0 Å². The van der Waals surface area contributed by atoms with Gasteiger partial charge in [-0.2, -0.15) is 0 Å². The van der Waals surface area contributed by atoms with E-state index in [2.05, 4.69) is 31.2 Å². The van der Waals surface area contributed by atoms with Crippen molar-refractivity contribution in [2.75, 3.05) is 0 Å². The highest BCUT2D eigenvalue weighted by atomic mass is 19.1. The van der Waals surface area contributed by atoms with E-state index in [4.69, 9.17) is 10.9 Å². The lowest BCUT2D eigenvalue weighted by Gasteiger charge is -2.17. The molecule has 0 aromatic heterocycles. The smallest absolute Gasteiger partial charge is 0.170 e. The molecule has 4 nitrogen and oxygen atoms in total. The van der Waals surface area contributed by atoms with Gasteiger partial charge in [-0.3, -0.25) is 0 Å². The maximum Gasteiger partial charge on any atom is 0.170 e. The van der Waals surface area contributed by atoms with Crippen LogP contribution in [-0.4, -0.2) is 17.1 Å². The Morgan fingerprint density at radius 1 is 1.40 bits per heavy atom. The Bertz CT molecular complexity index is 462. The van der Waals surface area contributed by atoms with Gasteiger partial charge in [0.2, 0.25) is 0 Å². The minimum atomic E-state index is -0.388. The Balaban J connectivity index is 2.66. The van der Waals surface area contributed by atoms with E-state index < -0.39 is 0 Å². The number of benzene rings is 1. The van der Waals surface area contributed by atoms with Gasteiger partial charge in [0.1, 0.15) is 5.82 Å². The Hall–Kier alpha value is -1.62. The van der Waals surface area contributed by atoms with E-state index in [9.17, 15) is 4.39 Å². The Labute approximate surface area is 119 Å². The van der Waals surface area contributed by atoms with Crippen LogP contribution < -0.4 is 11.1 Å². The normalized spacial score (nSPS) is 15.1. The maximum atomic E-state index is 13.5. The summed E-state index contributed by atoms with van der Waals surface area (Å²) in [5.41, 5.74) is 6.65. The third-order valence-corrected chi connectivity index (χ3v) is 3.47. The van der Waals surface area contributed by atoms with Crippen molar-refractivity contribution < 1.29 is 9.60 Å². The molecule has 0 radical (unpaired) electrons. The van der Waals surface area contributed by atoms with Crippen LogP contribution in [0.5, 0.6) is 0 Å². The summed E-state index contributed by atoms with van der Waals surface area (Å²) in [6.45, 7) is 7.07. The van der Waals surface area contributed by atoms with Crippen molar-refractivity contribution in [1.82, 2.24) is 5.32 Å². The number of nitrogens with one attached hydrogen (secondary N) is 1. The van der Waals surface area contributed by atoms with Crippen LogP contribution in [0.2, 0.25) is 0 Å². The second-order valence-electron chi connectivity index (χ2n) is 5.36. The van der Waals surface area contributed by atoms with Crippen molar-refractivity contribution in [3.05, 3.63) is 35.1 Å². The summed E-state index contributed by atoms with van der Waals surface area (Å²) < 4.78 is 13.5. The van der Waals surface area contributed by atoms with Crippen LogP contribution in [0.15, 0.2) is 23.4 Å². The molecular formula is C15H24FN3O. The minimum absolute atomic E-state index is 0.0848. The van der Waals surface area contributed by atoms with Gasteiger partial charge in [0, 0.05) is 18.2 Å². The Morgan fingerprint density at radius 2 is 2.10 bits per heavy atom. The molecule has 5 heteroatoms. The highest BCUT2D eigenvalue weighted by molar-refractivity contribution is 5.97. The fourth-order valence-electron chi connectivity index (χ4n) is 2.10. The second kappa shape index (κ2) is 7.85. The summed E-state index contributed by atoms with van der Waals surface area (Å²) in [5.74, 6) is 0.191. The molecule has 0 spiro atoms. The average Bonchev–Trinajstić information content (AvgIpc) is 2.43. The van der Waals surface area contributed by atoms with Crippen LogP contribution in [0.1, 0.15) is 44.7 Å². The fraction of sp³-hybridized carbons (Fsp3) is 0.533. The zero-order valence-corrected chi connectivity index (χ0v) is 12.4. The summed E-state index contributed by atoms with van der Waals surface area (Å²) >= 11 is 0. The van der Waals surface area contributed by atoms with Gasteiger partial charge >= 0.3 is 0 Å². The van der Waals surface area contributed by atoms with Crippen molar-refractivity contribution in [1.29, 1.82) is 0 Å². The Morgan fingerprint density at radius 3 is 2.70 bits per heavy atom. The largest absolute Gasteiger partial charge is 0.409 e. The fourth-order valence-corrected chi connectivity index (χ4v) is 2.10. The van der Waals surface area contributed by atoms with Gasteiger partial charge in [-0.05, 0) is 43.0 Å². The minimum Gasteiger partial charge on any atom is -0.409 e. The molecule has 1 aromatic rings. The van der Waals surface area contributed by atoms with E-state index in [0.717, 1.165) is 18.4 Å². The monoisotopic (exact) mass is 281 g/mol. The average molecular weight is 281 g/mol. The number of hydrogen-bond acceptors (Lipinski definition) is 3. The van der Waals surface area contributed by atoms with Gasteiger partial charge in [-0.15, -0.1) is 0 Å². The van der Waals surface area contributed by atoms with Crippen LogP contribution in [0.4, 0.5) is 4.39 Å². The molecule has 0 aliphatic carbocycles. The molecule has 0 bridgehead atoms. The molecule has 0 amide bonds. The van der Waals surface area contributed by atoms with Crippen molar-refractivity contribution in [2.24, 2.45) is 16.8 Å². The summed E-state index contributed by atoms with van der Waals surface area (Å²) in [4.78, 5) is 0. The van der Waals surface area contributed by atoms with E-state index >= 15 is 0 Å². The second-order valence-corrected chi connectivity index (χ2v) is 5.36. The third kappa shape index (κ3) is 5.17. The first-order valence-electron chi connectivity index (χ1n) is 6.97. The highest BCUT2D eigenvalue weighted by Gasteiger charge is 2.08. The number of amidine groups is 1. The van der Waals surface area contributed by atoms with Gasteiger partial charge in [-0.1, -0.05) is 25.4 Å². The lowest BCUT2D eigenvalue weighted by Crippen LogP contribution is -2.27. The molecule has 2 unspecified atom stereocenters. The molecule has 20 heavy (non-hydrogen) atoms. The number of halogens is 1. The van der Waals surface area contributed by atoms with Crippen LogP contribution in [0.25, 0.3) is 0 Å². The lowest BCUT2D eigenvalue weighted by molar-refractivity contribution is 0.318. The number of oxime groups is 1. The number of nitrogens with zero attached hydrogens (tertiary/aromatic N) is 1. The van der Waals surface area contributed by atoms with Crippen LogP contribution >= 0.6 is 0 Å². The van der Waals surface area contributed by atoms with Gasteiger partial charge in [0.05, 0.1) is 0 Å². The predicted octanol–water partition coefficient (Wildman–Crippen LogP) is 2.83. The highest BCUT2D eigenvalue weighted by Crippen LogP contribution is 2.12. The number of rotatable bonds is 7. The molecule has 0 saturated carbocycles. The first-order chi connectivity index (χ1) is 9.46. The Kier molecular flexibility index (Phi) is 6.45. The molecule has 4 N–H and O–H groups in total. The van der Waals surface area contributed by atoms with E-state index in [1.807, 2.05) is 0 Å². The van der Waals surface area contributed by atoms with Gasteiger partial charge in [0.15, 0.2) is 5.84 Å². The molecule has 0 aliphatic rings. The first-order valence-corrected chi connectivity index (χ1v) is 6.97. The lowest BCUT2D eigenvalue weighted by atomic mass is 10.00. The van der Waals surface area contributed by atoms with Gasteiger partial charge in [0.25, 0.3) is 0 Å². The standard InChI is InChI=1S/C15H24FN3O/c1-4-10(2)5-11(3)18-9-12-6-13(15(17)19-20)8-14(16)7-12/h6-8,10-11,18,20H,4-5,9H2,1-3H3,(H2,17,19). The summed E-state index contributed by atoms with van der Waals surface area (Å²) in [6, 6.07) is 4.79. The van der Waals surface area contributed by atoms with Crippen molar-refractivity contribution in [2.45, 2.75) is 46.2 Å². The SMILES string of the molecule is CCC(C)CC(C)NCc1cc(F)cc(/C(N)=N/O)c1. The first kappa shape index (κ1) is 16.4. The quantitative estimate of drug-likeness (QED) is 0.311. The van der Waals surface area contributed by atoms with E-state index in [-0.39, 0.29) is 11.7 Å². The number of nitrogens with two attached hydrogens (primary N) is 1. The van der Waals surface area contributed by atoms with Crippen LogP contribution in [0.3, 0.4) is 0 Å². The molecule has 1 aromatic carbocycles. The summed E-state index contributed by atoms with van der Waals surface area (Å²) in [5, 5.41) is 14.9. The van der Waals surface area contributed by atoms with Crippen LogP contribution in [-0.2, 0) is 6.54 Å². The molecule has 2 atom stereocenters. The zero-order chi connectivity index (χ0) is 15.1. The molecule has 0 heterocycles. The predicted molar refractivity (Wildman–Crippen MR) is 79.3 cm³/mol. The maximum absolute atomic E-state index is 13.5. The van der Waals surface area contributed by atoms with E-state index in [1.54, 1.807) is 6.07 Å².